The highest BCUT2D eigenvalue weighted by Crippen LogP contribution is 2.43. The van der Waals surface area contributed by atoms with Gasteiger partial charge in [-0.2, -0.15) is 0 Å². The second kappa shape index (κ2) is 50.4. The Labute approximate surface area is 419 Å². The van der Waals surface area contributed by atoms with Crippen LogP contribution in [0.2, 0.25) is 0 Å². The molecule has 0 rings (SSSR count). The third kappa shape index (κ3) is 53.1. The van der Waals surface area contributed by atoms with Crippen LogP contribution in [0, 0.1) is 0 Å². The first kappa shape index (κ1) is 66.5. The lowest BCUT2D eigenvalue weighted by Crippen LogP contribution is -2.46. The third-order valence-electron chi connectivity index (χ3n) is 14.1. The van der Waals surface area contributed by atoms with E-state index in [1.807, 2.05) is 21.1 Å². The quantitative estimate of drug-likeness (QED) is 0.0319. The first-order valence-electron chi connectivity index (χ1n) is 29.9. The zero-order chi connectivity index (χ0) is 49.2. The number of amides is 1. The number of unbranched alkanes of at least 4 members (excludes halogenated alkanes) is 43. The van der Waals surface area contributed by atoms with E-state index in [0.717, 1.165) is 38.5 Å². The van der Waals surface area contributed by atoms with Gasteiger partial charge in [-0.1, -0.05) is 296 Å². The van der Waals surface area contributed by atoms with Crippen molar-refractivity contribution in [1.29, 1.82) is 0 Å². The number of aliphatic hydroxyl groups is 1. The molecule has 0 aliphatic heterocycles. The summed E-state index contributed by atoms with van der Waals surface area (Å²) in [5.74, 6) is -0.135. The maximum Gasteiger partial charge on any atom is 0.472 e. The molecule has 3 unspecified atom stereocenters. The fraction of sp³-hybridized carbons (Fsp3) is 0.983. The number of hydrogen-bond donors (Lipinski definition) is 3. The minimum atomic E-state index is -4.32. The maximum atomic E-state index is 13.0. The molecule has 8 nitrogen and oxygen atoms in total. The minimum absolute atomic E-state index is 0.0792. The van der Waals surface area contributed by atoms with Crippen LogP contribution in [-0.2, 0) is 18.4 Å². The molecule has 3 N–H and O–H groups in total. The van der Waals surface area contributed by atoms with E-state index >= 15 is 0 Å². The Hall–Kier alpha value is -0.500. The van der Waals surface area contributed by atoms with Gasteiger partial charge in [-0.05, 0) is 12.8 Å². The molecular weight excluding hydrogens is 852 g/mol. The summed E-state index contributed by atoms with van der Waals surface area (Å²) in [6.45, 7) is 4.95. The molecule has 9 heteroatoms. The van der Waals surface area contributed by atoms with Crippen LogP contribution in [0.5, 0.6) is 0 Å². The topological polar surface area (TPSA) is 105 Å². The summed E-state index contributed by atoms with van der Waals surface area (Å²) in [6.07, 6.45) is 60.2. The molecule has 0 aliphatic carbocycles. The molecular formula is C58H120N2O6P+. The van der Waals surface area contributed by atoms with Gasteiger partial charge in [0, 0.05) is 6.42 Å². The molecule has 0 aromatic rings. The van der Waals surface area contributed by atoms with Crippen LogP contribution in [0.25, 0.3) is 0 Å². The highest BCUT2D eigenvalue weighted by atomic mass is 31.2. The van der Waals surface area contributed by atoms with E-state index in [0.29, 0.717) is 23.9 Å². The van der Waals surface area contributed by atoms with Crippen LogP contribution in [-0.4, -0.2) is 73.4 Å². The lowest BCUT2D eigenvalue weighted by atomic mass is 10.0. The Balaban J connectivity index is 4.06. The van der Waals surface area contributed by atoms with E-state index < -0.39 is 20.0 Å². The molecule has 0 saturated carbocycles. The van der Waals surface area contributed by atoms with Gasteiger partial charge in [0.25, 0.3) is 0 Å². The van der Waals surface area contributed by atoms with Gasteiger partial charge < -0.3 is 19.8 Å². The molecule has 0 heterocycles. The van der Waals surface area contributed by atoms with Gasteiger partial charge in [-0.3, -0.25) is 13.8 Å². The SMILES string of the molecule is CCCCCCCCCCCCCCCCCCCCCCCCCCCCCC(=O)NC(COP(=O)(O)OCC[N+](C)(C)C)C(O)CCCCCCCCCCCCCCCCCCCC. The standard InChI is InChI=1S/C58H119N2O6P/c1-6-8-10-12-14-16-18-20-22-24-26-27-28-29-30-31-32-33-34-36-38-40-42-44-46-48-50-52-58(62)59-56(55-66-67(63,64)65-54-53-60(3,4)5)57(61)51-49-47-45-43-41-39-37-35-25-23-21-19-17-15-13-11-9-7-2/h56-57,61H,6-55H2,1-5H3,(H-,59,62,63,64)/p+1. The zero-order valence-electron chi connectivity index (χ0n) is 45.9. The summed E-state index contributed by atoms with van der Waals surface area (Å²) >= 11 is 0. The zero-order valence-corrected chi connectivity index (χ0v) is 46.8. The van der Waals surface area contributed by atoms with Crippen molar-refractivity contribution < 1.29 is 32.9 Å². The average Bonchev–Trinajstić information content (AvgIpc) is 3.29. The number of nitrogens with one attached hydrogen (secondary N) is 1. The number of carbonyl (C=O) groups excluding carboxylic acids is 1. The lowest BCUT2D eigenvalue weighted by Gasteiger charge is -2.26. The monoisotopic (exact) mass is 972 g/mol. The number of quaternary nitrogens is 1. The van der Waals surface area contributed by atoms with Gasteiger partial charge in [-0.15, -0.1) is 0 Å². The third-order valence-corrected chi connectivity index (χ3v) is 15.1. The smallest absolute Gasteiger partial charge is 0.391 e. The molecule has 0 bridgehead atoms. The van der Waals surface area contributed by atoms with Crippen LogP contribution >= 0.6 is 7.82 Å². The number of likely N-dealkylation sites (N-methyl/N-ethyl adjacent to an activating group) is 1. The number of hydrogen-bond acceptors (Lipinski definition) is 5. The largest absolute Gasteiger partial charge is 0.472 e. The van der Waals surface area contributed by atoms with Crippen molar-refractivity contribution in [1.82, 2.24) is 5.32 Å². The molecule has 0 spiro atoms. The molecule has 67 heavy (non-hydrogen) atoms. The van der Waals surface area contributed by atoms with Crippen molar-refractivity contribution in [3.05, 3.63) is 0 Å². The van der Waals surface area contributed by atoms with Gasteiger partial charge in [0.05, 0.1) is 39.9 Å². The van der Waals surface area contributed by atoms with Gasteiger partial charge in [-0.25, -0.2) is 4.57 Å². The number of rotatable bonds is 56. The van der Waals surface area contributed by atoms with Crippen LogP contribution in [0.4, 0.5) is 0 Å². The van der Waals surface area contributed by atoms with Crippen molar-refractivity contribution in [3.8, 4) is 0 Å². The molecule has 1 amide bonds. The average molecular weight is 973 g/mol. The second-order valence-corrected chi connectivity index (χ2v) is 23.5. The number of carbonyl (C=O) groups is 1. The molecule has 0 radical (unpaired) electrons. The summed E-state index contributed by atoms with van der Waals surface area (Å²) in [6, 6.07) is -0.755. The Morgan fingerprint density at radius 2 is 0.716 bits per heavy atom. The van der Waals surface area contributed by atoms with Crippen molar-refractivity contribution in [2.45, 2.75) is 328 Å². The Bertz CT molecular complexity index is 1060. The lowest BCUT2D eigenvalue weighted by molar-refractivity contribution is -0.870. The van der Waals surface area contributed by atoms with Crippen LogP contribution < -0.4 is 5.32 Å². The molecule has 0 aromatic heterocycles. The Morgan fingerprint density at radius 3 is 1.00 bits per heavy atom. The van der Waals surface area contributed by atoms with E-state index in [4.69, 9.17) is 9.05 Å². The first-order valence-corrected chi connectivity index (χ1v) is 31.4. The summed E-state index contributed by atoms with van der Waals surface area (Å²) in [5, 5.41) is 14.1. The van der Waals surface area contributed by atoms with Gasteiger partial charge >= 0.3 is 7.82 Å². The highest BCUT2D eigenvalue weighted by molar-refractivity contribution is 7.47. The fourth-order valence-electron chi connectivity index (χ4n) is 9.40. The predicted molar refractivity (Wildman–Crippen MR) is 291 cm³/mol. The molecule has 0 aromatic carbocycles. The van der Waals surface area contributed by atoms with Crippen molar-refractivity contribution >= 4 is 13.7 Å². The molecule has 0 aliphatic rings. The summed E-state index contributed by atoms with van der Waals surface area (Å²) in [5.41, 5.74) is 0. The number of aliphatic hydroxyl groups excluding tert-OH is 1. The number of phosphoric ester groups is 1. The van der Waals surface area contributed by atoms with E-state index in [2.05, 4.69) is 19.2 Å². The van der Waals surface area contributed by atoms with E-state index in [-0.39, 0.29) is 19.1 Å². The summed E-state index contributed by atoms with van der Waals surface area (Å²) < 4.78 is 23.8. The first-order chi connectivity index (χ1) is 32.5. The normalized spacial score (nSPS) is 13.8. The van der Waals surface area contributed by atoms with Crippen LogP contribution in [0.15, 0.2) is 0 Å². The fourth-order valence-corrected chi connectivity index (χ4v) is 10.1. The predicted octanol–water partition coefficient (Wildman–Crippen LogP) is 18.0. The summed E-state index contributed by atoms with van der Waals surface area (Å²) in [4.78, 5) is 23.3. The Morgan fingerprint density at radius 1 is 0.448 bits per heavy atom. The van der Waals surface area contributed by atoms with E-state index in [9.17, 15) is 19.4 Å². The van der Waals surface area contributed by atoms with Crippen molar-refractivity contribution in [2.75, 3.05) is 40.9 Å². The minimum Gasteiger partial charge on any atom is -0.391 e. The number of nitrogens with zero attached hydrogens (tertiary/aromatic N) is 1. The van der Waals surface area contributed by atoms with Crippen molar-refractivity contribution in [3.63, 3.8) is 0 Å². The van der Waals surface area contributed by atoms with E-state index in [1.54, 1.807) is 0 Å². The van der Waals surface area contributed by atoms with Crippen LogP contribution in [0.1, 0.15) is 316 Å². The van der Waals surface area contributed by atoms with Gasteiger partial charge in [0.2, 0.25) is 5.91 Å². The number of phosphoric acid groups is 1. The molecule has 3 atom stereocenters. The van der Waals surface area contributed by atoms with Gasteiger partial charge in [0.15, 0.2) is 0 Å². The Kier molecular flexibility index (Phi) is 50.1. The molecule has 402 valence electrons. The maximum absolute atomic E-state index is 13.0. The van der Waals surface area contributed by atoms with Gasteiger partial charge in [0.1, 0.15) is 13.2 Å². The van der Waals surface area contributed by atoms with Crippen molar-refractivity contribution in [2.24, 2.45) is 0 Å². The summed E-state index contributed by atoms with van der Waals surface area (Å²) in [7, 11) is 1.64. The highest BCUT2D eigenvalue weighted by Gasteiger charge is 2.28. The molecule has 0 fully saturated rings. The second-order valence-electron chi connectivity index (χ2n) is 22.1. The van der Waals surface area contributed by atoms with E-state index in [1.165, 1.54) is 250 Å². The van der Waals surface area contributed by atoms with Crippen LogP contribution in [0.3, 0.4) is 0 Å². The molecule has 0 saturated heterocycles.